The summed E-state index contributed by atoms with van der Waals surface area (Å²) in [5, 5.41) is 7.83. The van der Waals surface area contributed by atoms with Gasteiger partial charge in [-0.2, -0.15) is 8.78 Å². The Bertz CT molecular complexity index is 575. The van der Waals surface area contributed by atoms with E-state index in [4.69, 9.17) is 5.84 Å². The first-order chi connectivity index (χ1) is 10.2. The number of nitrogens with one attached hydrogen (secondary N) is 1. The van der Waals surface area contributed by atoms with Gasteiger partial charge in [0.1, 0.15) is 5.75 Å². The Balaban J connectivity index is 2.39. The Hall–Kier alpha value is -2.06. The number of alkyl halides is 2. The highest BCUT2D eigenvalue weighted by molar-refractivity contribution is 5.39. The minimum atomic E-state index is -2.90. The lowest BCUT2D eigenvalue weighted by atomic mass is 10.0. The predicted octanol–water partition coefficient (Wildman–Crippen LogP) is 1.84. The molecule has 2 rings (SSSR count). The SMILES string of the molecule is CCCn1nncc1C(NN)c1ccccc1OC(F)F. The van der Waals surface area contributed by atoms with Crippen molar-refractivity contribution in [3.63, 3.8) is 0 Å². The molecule has 0 aliphatic rings. The average Bonchev–Trinajstić information content (AvgIpc) is 2.90. The van der Waals surface area contributed by atoms with Crippen molar-refractivity contribution < 1.29 is 13.5 Å². The zero-order valence-electron chi connectivity index (χ0n) is 11.5. The van der Waals surface area contributed by atoms with Gasteiger partial charge in [0.2, 0.25) is 0 Å². The smallest absolute Gasteiger partial charge is 0.387 e. The quantitative estimate of drug-likeness (QED) is 0.602. The van der Waals surface area contributed by atoms with Crippen molar-refractivity contribution in [3.05, 3.63) is 41.7 Å². The molecular formula is C13H17F2N5O. The summed E-state index contributed by atoms with van der Waals surface area (Å²) < 4.78 is 31.2. The van der Waals surface area contributed by atoms with Crippen LogP contribution in [0.5, 0.6) is 5.75 Å². The first kappa shape index (κ1) is 15.3. The Morgan fingerprint density at radius 1 is 1.38 bits per heavy atom. The van der Waals surface area contributed by atoms with Crippen LogP contribution >= 0.6 is 0 Å². The molecule has 0 radical (unpaired) electrons. The van der Waals surface area contributed by atoms with Gasteiger partial charge in [-0.1, -0.05) is 30.3 Å². The lowest BCUT2D eigenvalue weighted by molar-refractivity contribution is -0.0506. The highest BCUT2D eigenvalue weighted by atomic mass is 19.3. The lowest BCUT2D eigenvalue weighted by Gasteiger charge is -2.20. The van der Waals surface area contributed by atoms with Crippen molar-refractivity contribution in [2.75, 3.05) is 0 Å². The van der Waals surface area contributed by atoms with Gasteiger partial charge >= 0.3 is 6.61 Å². The number of benzene rings is 1. The third-order valence-corrected chi connectivity index (χ3v) is 2.99. The number of para-hydroxylation sites is 1. The predicted molar refractivity (Wildman–Crippen MR) is 72.6 cm³/mol. The number of halogens is 2. The molecule has 0 aliphatic heterocycles. The van der Waals surface area contributed by atoms with Crippen LogP contribution in [0.3, 0.4) is 0 Å². The van der Waals surface area contributed by atoms with Gasteiger partial charge < -0.3 is 4.74 Å². The normalized spacial score (nSPS) is 12.6. The van der Waals surface area contributed by atoms with Gasteiger partial charge in [0, 0.05) is 12.1 Å². The van der Waals surface area contributed by atoms with E-state index in [-0.39, 0.29) is 5.75 Å². The zero-order chi connectivity index (χ0) is 15.2. The number of nitrogens with zero attached hydrogens (tertiary/aromatic N) is 3. The summed E-state index contributed by atoms with van der Waals surface area (Å²) in [7, 11) is 0. The Morgan fingerprint density at radius 2 is 2.14 bits per heavy atom. The zero-order valence-corrected chi connectivity index (χ0v) is 11.5. The van der Waals surface area contributed by atoms with E-state index in [9.17, 15) is 8.78 Å². The molecule has 1 aromatic carbocycles. The van der Waals surface area contributed by atoms with E-state index in [1.54, 1.807) is 29.1 Å². The molecule has 8 heteroatoms. The maximum absolute atomic E-state index is 12.5. The lowest BCUT2D eigenvalue weighted by Crippen LogP contribution is -2.31. The molecule has 0 saturated carbocycles. The Labute approximate surface area is 120 Å². The topological polar surface area (TPSA) is 78.0 Å². The van der Waals surface area contributed by atoms with Crippen molar-refractivity contribution in [2.45, 2.75) is 32.5 Å². The number of hydrogen-bond acceptors (Lipinski definition) is 5. The van der Waals surface area contributed by atoms with Crippen LogP contribution in [0.4, 0.5) is 8.78 Å². The molecule has 1 heterocycles. The second-order valence-electron chi connectivity index (χ2n) is 4.40. The van der Waals surface area contributed by atoms with Crippen molar-refractivity contribution in [3.8, 4) is 5.75 Å². The molecule has 21 heavy (non-hydrogen) atoms. The number of rotatable bonds is 7. The van der Waals surface area contributed by atoms with Crippen LogP contribution in [-0.4, -0.2) is 21.6 Å². The van der Waals surface area contributed by atoms with Crippen molar-refractivity contribution >= 4 is 0 Å². The highest BCUT2D eigenvalue weighted by Crippen LogP contribution is 2.30. The van der Waals surface area contributed by atoms with E-state index < -0.39 is 12.7 Å². The molecule has 0 aliphatic carbocycles. The van der Waals surface area contributed by atoms with Crippen LogP contribution in [-0.2, 0) is 6.54 Å². The fraction of sp³-hybridized carbons (Fsp3) is 0.385. The number of aromatic nitrogens is 3. The summed E-state index contributed by atoms with van der Waals surface area (Å²) in [6.07, 6.45) is 2.42. The number of ether oxygens (including phenoxy) is 1. The summed E-state index contributed by atoms with van der Waals surface area (Å²) in [5.41, 5.74) is 3.79. The molecule has 1 atom stereocenters. The molecule has 1 unspecified atom stereocenters. The number of hydrogen-bond donors (Lipinski definition) is 2. The van der Waals surface area contributed by atoms with E-state index in [2.05, 4.69) is 20.5 Å². The fourth-order valence-corrected chi connectivity index (χ4v) is 2.13. The van der Waals surface area contributed by atoms with Gasteiger partial charge in [-0.15, -0.1) is 5.10 Å². The van der Waals surface area contributed by atoms with E-state index in [1.165, 1.54) is 6.07 Å². The van der Waals surface area contributed by atoms with Crippen LogP contribution in [0.1, 0.15) is 30.6 Å². The first-order valence-electron chi connectivity index (χ1n) is 6.55. The molecule has 114 valence electrons. The summed E-state index contributed by atoms with van der Waals surface area (Å²) in [4.78, 5) is 0. The molecule has 2 aromatic rings. The van der Waals surface area contributed by atoms with Gasteiger partial charge in [-0.25, -0.2) is 10.1 Å². The van der Waals surface area contributed by atoms with Crippen LogP contribution in [0.25, 0.3) is 0 Å². The monoisotopic (exact) mass is 297 g/mol. The van der Waals surface area contributed by atoms with Gasteiger partial charge in [0.25, 0.3) is 0 Å². The van der Waals surface area contributed by atoms with Crippen LogP contribution in [0, 0.1) is 0 Å². The molecule has 0 saturated heterocycles. The third kappa shape index (κ3) is 3.53. The summed E-state index contributed by atoms with van der Waals surface area (Å²) in [6, 6.07) is 5.95. The number of nitrogens with two attached hydrogens (primary N) is 1. The van der Waals surface area contributed by atoms with E-state index >= 15 is 0 Å². The second-order valence-corrected chi connectivity index (χ2v) is 4.40. The standard InChI is InChI=1S/C13H17F2N5O/c1-2-7-20-10(8-17-19-20)12(18-16)9-5-3-4-6-11(9)21-13(14)15/h3-6,8,12-13,18H,2,7,16H2,1H3. The largest absolute Gasteiger partial charge is 0.434 e. The summed E-state index contributed by atoms with van der Waals surface area (Å²) in [6.45, 7) is -0.237. The van der Waals surface area contributed by atoms with Crippen LogP contribution in [0.15, 0.2) is 30.5 Å². The van der Waals surface area contributed by atoms with E-state index in [1.807, 2.05) is 6.92 Å². The fourth-order valence-electron chi connectivity index (χ4n) is 2.13. The second kappa shape index (κ2) is 7.09. The molecule has 0 fully saturated rings. The molecule has 1 aromatic heterocycles. The number of aryl methyl sites for hydroxylation is 1. The van der Waals surface area contributed by atoms with Gasteiger partial charge in [0.05, 0.1) is 17.9 Å². The maximum Gasteiger partial charge on any atom is 0.387 e. The molecule has 0 bridgehead atoms. The van der Waals surface area contributed by atoms with Crippen molar-refractivity contribution in [1.82, 2.24) is 20.4 Å². The van der Waals surface area contributed by atoms with Gasteiger partial charge in [-0.05, 0) is 12.5 Å². The summed E-state index contributed by atoms with van der Waals surface area (Å²) >= 11 is 0. The Morgan fingerprint density at radius 3 is 2.81 bits per heavy atom. The van der Waals surface area contributed by atoms with Crippen molar-refractivity contribution in [1.29, 1.82) is 0 Å². The third-order valence-electron chi connectivity index (χ3n) is 2.99. The average molecular weight is 297 g/mol. The van der Waals surface area contributed by atoms with Gasteiger partial charge in [0.15, 0.2) is 0 Å². The molecular weight excluding hydrogens is 280 g/mol. The van der Waals surface area contributed by atoms with Crippen LogP contribution in [0.2, 0.25) is 0 Å². The van der Waals surface area contributed by atoms with E-state index in [0.717, 1.165) is 6.42 Å². The summed E-state index contributed by atoms with van der Waals surface area (Å²) in [5.74, 6) is 5.67. The molecule has 6 nitrogen and oxygen atoms in total. The van der Waals surface area contributed by atoms with Gasteiger partial charge in [-0.3, -0.25) is 5.84 Å². The minimum Gasteiger partial charge on any atom is -0.434 e. The first-order valence-corrected chi connectivity index (χ1v) is 6.55. The molecule has 0 spiro atoms. The Kier molecular flexibility index (Phi) is 5.18. The molecule has 0 amide bonds. The van der Waals surface area contributed by atoms with Crippen molar-refractivity contribution in [2.24, 2.45) is 5.84 Å². The number of hydrazine groups is 1. The van der Waals surface area contributed by atoms with E-state index in [0.29, 0.717) is 17.8 Å². The maximum atomic E-state index is 12.5. The minimum absolute atomic E-state index is 0.0692. The van der Waals surface area contributed by atoms with Crippen LogP contribution < -0.4 is 16.0 Å². The highest BCUT2D eigenvalue weighted by Gasteiger charge is 2.22. The molecule has 3 N–H and O–H groups in total.